The second-order valence-corrected chi connectivity index (χ2v) is 7.67. The van der Waals surface area contributed by atoms with Crippen LogP contribution in [-0.2, 0) is 0 Å². The number of nitrogens with zero attached hydrogens (tertiary/aromatic N) is 3. The van der Waals surface area contributed by atoms with Crippen molar-refractivity contribution in [2.24, 2.45) is 0 Å². The zero-order chi connectivity index (χ0) is 18.8. The van der Waals surface area contributed by atoms with Gasteiger partial charge < -0.3 is 4.90 Å². The SMILES string of the molecule is Cc1ncsc1C(=O)N1CCCC(c2cccc(-c3ccc(F)cc3)n2)C1. The third-order valence-electron chi connectivity index (χ3n) is 4.98. The topological polar surface area (TPSA) is 46.1 Å². The lowest BCUT2D eigenvalue weighted by Crippen LogP contribution is -2.39. The van der Waals surface area contributed by atoms with Crippen molar-refractivity contribution in [3.05, 3.63) is 70.1 Å². The fraction of sp³-hybridized carbons (Fsp3) is 0.286. The maximum atomic E-state index is 13.2. The molecule has 0 N–H and O–H groups in total. The zero-order valence-corrected chi connectivity index (χ0v) is 15.9. The van der Waals surface area contributed by atoms with Gasteiger partial charge in [0.2, 0.25) is 0 Å². The van der Waals surface area contributed by atoms with Crippen LogP contribution in [0.5, 0.6) is 0 Å². The molecule has 4 rings (SSSR count). The molecule has 1 amide bonds. The summed E-state index contributed by atoms with van der Waals surface area (Å²) in [6.45, 7) is 3.30. The molecule has 0 spiro atoms. The number of piperidine rings is 1. The molecule has 1 unspecified atom stereocenters. The van der Waals surface area contributed by atoms with Gasteiger partial charge in [0.05, 0.1) is 16.9 Å². The van der Waals surface area contributed by atoms with Gasteiger partial charge in [0, 0.05) is 30.3 Å². The van der Waals surface area contributed by atoms with E-state index in [1.807, 2.05) is 30.0 Å². The molecule has 1 aliphatic rings. The molecule has 3 aromatic rings. The second kappa shape index (κ2) is 7.56. The number of halogens is 1. The molecule has 1 fully saturated rings. The fourth-order valence-electron chi connectivity index (χ4n) is 3.51. The largest absolute Gasteiger partial charge is 0.337 e. The smallest absolute Gasteiger partial charge is 0.265 e. The van der Waals surface area contributed by atoms with Crippen molar-refractivity contribution in [1.29, 1.82) is 0 Å². The minimum atomic E-state index is -0.255. The Balaban J connectivity index is 1.55. The molecule has 6 heteroatoms. The first-order valence-electron chi connectivity index (χ1n) is 9.04. The first-order chi connectivity index (χ1) is 13.1. The number of pyridine rings is 1. The van der Waals surface area contributed by atoms with E-state index in [0.29, 0.717) is 6.54 Å². The maximum absolute atomic E-state index is 13.2. The van der Waals surface area contributed by atoms with E-state index in [9.17, 15) is 9.18 Å². The van der Waals surface area contributed by atoms with Crippen LogP contribution in [0.1, 0.15) is 39.8 Å². The van der Waals surface area contributed by atoms with Crippen LogP contribution in [-0.4, -0.2) is 33.9 Å². The van der Waals surface area contributed by atoms with E-state index >= 15 is 0 Å². The van der Waals surface area contributed by atoms with Crippen molar-refractivity contribution in [3.8, 4) is 11.3 Å². The number of carbonyl (C=O) groups is 1. The average Bonchev–Trinajstić information content (AvgIpc) is 3.14. The highest BCUT2D eigenvalue weighted by Crippen LogP contribution is 2.29. The minimum absolute atomic E-state index is 0.0642. The van der Waals surface area contributed by atoms with Gasteiger partial charge in [-0.25, -0.2) is 9.37 Å². The lowest BCUT2D eigenvalue weighted by molar-refractivity contribution is 0.0710. The number of thiazole rings is 1. The molecule has 0 saturated carbocycles. The predicted molar refractivity (Wildman–Crippen MR) is 104 cm³/mol. The number of benzene rings is 1. The van der Waals surface area contributed by atoms with Crippen molar-refractivity contribution < 1.29 is 9.18 Å². The Bertz CT molecular complexity index is 954. The monoisotopic (exact) mass is 381 g/mol. The van der Waals surface area contributed by atoms with E-state index in [1.54, 1.807) is 17.6 Å². The summed E-state index contributed by atoms with van der Waals surface area (Å²) in [5.74, 6) is 0.0143. The molecule has 0 bridgehead atoms. The summed E-state index contributed by atoms with van der Waals surface area (Å²) in [5.41, 5.74) is 5.22. The van der Waals surface area contributed by atoms with Crippen LogP contribution in [0.15, 0.2) is 48.0 Å². The van der Waals surface area contributed by atoms with Crippen LogP contribution in [0.25, 0.3) is 11.3 Å². The van der Waals surface area contributed by atoms with Crippen molar-refractivity contribution in [2.75, 3.05) is 13.1 Å². The summed E-state index contributed by atoms with van der Waals surface area (Å²) in [6.07, 6.45) is 1.96. The standard InChI is InChI=1S/C21H20FN3OS/c1-14-20(27-13-23-14)21(26)25-11-3-4-16(12-25)19-6-2-5-18(24-19)15-7-9-17(22)10-8-15/h2,5-10,13,16H,3-4,11-12H2,1H3. The van der Waals surface area contributed by atoms with Crippen molar-refractivity contribution in [2.45, 2.75) is 25.7 Å². The third-order valence-corrected chi connectivity index (χ3v) is 5.89. The summed E-state index contributed by atoms with van der Waals surface area (Å²) in [5, 5.41) is 0. The Hall–Kier alpha value is -2.60. The fourth-order valence-corrected chi connectivity index (χ4v) is 4.28. The van der Waals surface area contributed by atoms with Gasteiger partial charge in [0.1, 0.15) is 10.7 Å². The van der Waals surface area contributed by atoms with Crippen LogP contribution in [0.4, 0.5) is 4.39 Å². The van der Waals surface area contributed by atoms with Crippen LogP contribution < -0.4 is 0 Å². The normalized spacial score (nSPS) is 17.1. The van der Waals surface area contributed by atoms with Crippen LogP contribution in [0.2, 0.25) is 0 Å². The van der Waals surface area contributed by atoms with E-state index in [1.165, 1.54) is 23.5 Å². The number of hydrogen-bond acceptors (Lipinski definition) is 4. The molecule has 3 heterocycles. The molecule has 0 aliphatic carbocycles. The third kappa shape index (κ3) is 3.76. The Labute approximate surface area is 161 Å². The van der Waals surface area contributed by atoms with E-state index in [4.69, 9.17) is 4.98 Å². The van der Waals surface area contributed by atoms with Crippen LogP contribution >= 0.6 is 11.3 Å². The van der Waals surface area contributed by atoms with Gasteiger partial charge in [-0.15, -0.1) is 11.3 Å². The van der Waals surface area contributed by atoms with Gasteiger partial charge in [0.25, 0.3) is 5.91 Å². The highest BCUT2D eigenvalue weighted by atomic mass is 32.1. The van der Waals surface area contributed by atoms with Gasteiger partial charge in [-0.05, 0) is 56.2 Å². The van der Waals surface area contributed by atoms with Crippen LogP contribution in [0.3, 0.4) is 0 Å². The second-order valence-electron chi connectivity index (χ2n) is 6.81. The van der Waals surface area contributed by atoms with E-state index < -0.39 is 0 Å². The van der Waals surface area contributed by atoms with Gasteiger partial charge >= 0.3 is 0 Å². The lowest BCUT2D eigenvalue weighted by Gasteiger charge is -2.32. The maximum Gasteiger partial charge on any atom is 0.265 e. The Morgan fingerprint density at radius 1 is 1.22 bits per heavy atom. The first kappa shape index (κ1) is 17.8. The number of hydrogen-bond donors (Lipinski definition) is 0. The summed E-state index contributed by atoms with van der Waals surface area (Å²) in [6, 6.07) is 12.3. The Morgan fingerprint density at radius 3 is 2.78 bits per heavy atom. The number of amides is 1. The molecule has 0 radical (unpaired) electrons. The van der Waals surface area contributed by atoms with E-state index in [-0.39, 0.29) is 17.6 Å². The molecule has 138 valence electrons. The lowest BCUT2D eigenvalue weighted by atomic mass is 9.93. The summed E-state index contributed by atoms with van der Waals surface area (Å²) in [7, 11) is 0. The van der Waals surface area contributed by atoms with Gasteiger partial charge in [0.15, 0.2) is 0 Å². The summed E-state index contributed by atoms with van der Waals surface area (Å²) < 4.78 is 13.2. The van der Waals surface area contributed by atoms with Crippen molar-refractivity contribution in [3.63, 3.8) is 0 Å². The number of aryl methyl sites for hydroxylation is 1. The molecule has 1 aliphatic heterocycles. The molecule has 4 nitrogen and oxygen atoms in total. The molecule has 2 aromatic heterocycles. The number of carbonyl (C=O) groups excluding carboxylic acids is 1. The molecular formula is C21H20FN3OS. The first-order valence-corrected chi connectivity index (χ1v) is 9.92. The molecule has 27 heavy (non-hydrogen) atoms. The van der Waals surface area contributed by atoms with Gasteiger partial charge in [-0.3, -0.25) is 9.78 Å². The average molecular weight is 381 g/mol. The minimum Gasteiger partial charge on any atom is -0.337 e. The number of likely N-dealkylation sites (tertiary alicyclic amines) is 1. The van der Waals surface area contributed by atoms with E-state index in [2.05, 4.69) is 4.98 Å². The molecular weight excluding hydrogens is 361 g/mol. The van der Waals surface area contributed by atoms with Crippen molar-refractivity contribution >= 4 is 17.2 Å². The summed E-state index contributed by atoms with van der Waals surface area (Å²) >= 11 is 1.40. The molecule has 1 atom stereocenters. The zero-order valence-electron chi connectivity index (χ0n) is 15.1. The van der Waals surface area contributed by atoms with Crippen LogP contribution in [0, 0.1) is 12.7 Å². The molecule has 1 saturated heterocycles. The Kier molecular flexibility index (Phi) is 4.99. The van der Waals surface area contributed by atoms with Gasteiger partial charge in [-0.2, -0.15) is 0 Å². The Morgan fingerprint density at radius 2 is 2.04 bits per heavy atom. The summed E-state index contributed by atoms with van der Waals surface area (Å²) in [4.78, 5) is 24.5. The van der Waals surface area contributed by atoms with E-state index in [0.717, 1.165) is 46.9 Å². The predicted octanol–water partition coefficient (Wildman–Crippen LogP) is 4.67. The number of rotatable bonds is 3. The highest BCUT2D eigenvalue weighted by molar-refractivity contribution is 7.11. The highest BCUT2D eigenvalue weighted by Gasteiger charge is 2.28. The number of aromatic nitrogens is 2. The van der Waals surface area contributed by atoms with Crippen molar-refractivity contribution in [1.82, 2.24) is 14.9 Å². The quantitative estimate of drug-likeness (QED) is 0.662. The molecule has 1 aromatic carbocycles. The van der Waals surface area contributed by atoms with Gasteiger partial charge in [-0.1, -0.05) is 6.07 Å².